The van der Waals surface area contributed by atoms with Gasteiger partial charge in [-0.05, 0) is 24.7 Å². The first-order valence-corrected chi connectivity index (χ1v) is 9.27. The molecular formula is C14H28N2O4S. The van der Waals surface area contributed by atoms with Crippen molar-refractivity contribution >= 4 is 15.9 Å². The van der Waals surface area contributed by atoms with Crippen molar-refractivity contribution in [2.75, 3.05) is 26.0 Å². The van der Waals surface area contributed by atoms with E-state index in [0.29, 0.717) is 32.4 Å². The Morgan fingerprint density at radius 3 is 2.24 bits per heavy atom. The number of rotatable bonds is 5. The number of carbonyl (C=O) groups is 1. The second-order valence-corrected chi connectivity index (χ2v) is 8.86. The van der Waals surface area contributed by atoms with Gasteiger partial charge < -0.3 is 10.4 Å². The summed E-state index contributed by atoms with van der Waals surface area (Å²) in [5.74, 6) is -0.178. The van der Waals surface area contributed by atoms with E-state index in [-0.39, 0.29) is 29.9 Å². The number of piperidine rings is 1. The van der Waals surface area contributed by atoms with Crippen molar-refractivity contribution in [1.82, 2.24) is 9.62 Å². The summed E-state index contributed by atoms with van der Waals surface area (Å²) >= 11 is 0. The molecule has 1 heterocycles. The quantitative estimate of drug-likeness (QED) is 0.775. The second kappa shape index (κ2) is 7.07. The molecule has 1 rings (SSSR count). The number of aliphatic hydroxyl groups excluding tert-OH is 1. The molecule has 0 aromatic heterocycles. The molecule has 0 saturated carbocycles. The van der Waals surface area contributed by atoms with Crippen molar-refractivity contribution in [3.8, 4) is 0 Å². The Morgan fingerprint density at radius 1 is 1.33 bits per heavy atom. The van der Waals surface area contributed by atoms with Gasteiger partial charge in [0.1, 0.15) is 0 Å². The van der Waals surface area contributed by atoms with Crippen molar-refractivity contribution in [3.05, 3.63) is 0 Å². The van der Waals surface area contributed by atoms with Gasteiger partial charge in [-0.3, -0.25) is 4.79 Å². The molecule has 1 atom stereocenters. The van der Waals surface area contributed by atoms with Crippen LogP contribution in [-0.4, -0.2) is 55.7 Å². The van der Waals surface area contributed by atoms with Crippen molar-refractivity contribution in [3.63, 3.8) is 0 Å². The summed E-state index contributed by atoms with van der Waals surface area (Å²) in [6.07, 6.45) is 2.82. The largest absolute Gasteiger partial charge is 0.396 e. The van der Waals surface area contributed by atoms with E-state index >= 15 is 0 Å². The number of nitrogens with zero attached hydrogens (tertiary/aromatic N) is 1. The molecule has 124 valence electrons. The van der Waals surface area contributed by atoms with Crippen molar-refractivity contribution in [2.24, 2.45) is 11.3 Å². The van der Waals surface area contributed by atoms with Crippen molar-refractivity contribution in [1.29, 1.82) is 0 Å². The highest BCUT2D eigenvalue weighted by Crippen LogP contribution is 2.24. The van der Waals surface area contributed by atoms with Crippen molar-refractivity contribution < 1.29 is 18.3 Å². The predicted molar refractivity (Wildman–Crippen MR) is 82.2 cm³/mol. The van der Waals surface area contributed by atoms with E-state index < -0.39 is 10.0 Å². The Bertz CT molecular complexity index is 448. The van der Waals surface area contributed by atoms with Gasteiger partial charge in [0.2, 0.25) is 15.9 Å². The highest BCUT2D eigenvalue weighted by molar-refractivity contribution is 7.88. The fourth-order valence-corrected chi connectivity index (χ4v) is 3.46. The summed E-state index contributed by atoms with van der Waals surface area (Å²) in [6, 6.07) is -0.0806. The zero-order valence-electron chi connectivity index (χ0n) is 13.4. The lowest BCUT2D eigenvalue weighted by atomic mass is 9.84. The van der Waals surface area contributed by atoms with Crippen LogP contribution in [0.2, 0.25) is 0 Å². The van der Waals surface area contributed by atoms with E-state index in [9.17, 15) is 13.2 Å². The molecule has 0 spiro atoms. The zero-order chi connectivity index (χ0) is 16.3. The van der Waals surface area contributed by atoms with Gasteiger partial charge >= 0.3 is 0 Å². The van der Waals surface area contributed by atoms with Gasteiger partial charge in [-0.2, -0.15) is 0 Å². The van der Waals surface area contributed by atoms with Gasteiger partial charge in [-0.1, -0.05) is 20.8 Å². The van der Waals surface area contributed by atoms with Crippen molar-refractivity contribution in [2.45, 2.75) is 46.1 Å². The Hall–Kier alpha value is -0.660. The molecule has 1 saturated heterocycles. The van der Waals surface area contributed by atoms with Crippen LogP contribution in [0.1, 0.15) is 40.0 Å². The van der Waals surface area contributed by atoms with Crippen LogP contribution < -0.4 is 5.32 Å². The molecule has 1 fully saturated rings. The van der Waals surface area contributed by atoms with E-state index in [1.165, 1.54) is 10.6 Å². The first-order valence-electron chi connectivity index (χ1n) is 7.42. The molecule has 21 heavy (non-hydrogen) atoms. The maximum Gasteiger partial charge on any atom is 0.223 e. The SMILES string of the molecule is CC(C)(C)C(CCO)NC(=O)C1CCN(S(C)(=O)=O)CC1. The second-order valence-electron chi connectivity index (χ2n) is 6.88. The molecule has 1 amide bonds. The maximum absolute atomic E-state index is 12.3. The first-order chi connectivity index (χ1) is 9.55. The van der Waals surface area contributed by atoms with E-state index in [4.69, 9.17) is 5.11 Å². The first kappa shape index (κ1) is 18.4. The van der Waals surface area contributed by atoms with Crippen LogP contribution in [0.5, 0.6) is 0 Å². The number of amides is 1. The third kappa shape index (κ3) is 5.56. The molecule has 0 aliphatic carbocycles. The van der Waals surface area contributed by atoms with Gasteiger partial charge in [0.15, 0.2) is 0 Å². The third-order valence-electron chi connectivity index (χ3n) is 4.07. The van der Waals surface area contributed by atoms with Gasteiger partial charge in [0.25, 0.3) is 0 Å². The lowest BCUT2D eigenvalue weighted by Gasteiger charge is -2.34. The third-order valence-corrected chi connectivity index (χ3v) is 5.38. The Balaban J connectivity index is 2.57. The highest BCUT2D eigenvalue weighted by Gasteiger charge is 2.32. The number of hydrogen-bond donors (Lipinski definition) is 2. The normalized spacial score (nSPS) is 20.2. The van der Waals surface area contributed by atoms with E-state index in [1.54, 1.807) is 0 Å². The lowest BCUT2D eigenvalue weighted by Crippen LogP contribution is -2.49. The molecule has 2 N–H and O–H groups in total. The molecule has 7 heteroatoms. The standard InChI is InChI=1S/C14H28N2O4S/c1-14(2,3)12(7-10-17)15-13(18)11-5-8-16(9-6-11)21(4,19)20/h11-12,17H,5-10H2,1-4H3,(H,15,18). The number of nitrogens with one attached hydrogen (secondary N) is 1. The summed E-state index contributed by atoms with van der Waals surface area (Å²) in [4.78, 5) is 12.3. The monoisotopic (exact) mass is 320 g/mol. The van der Waals surface area contributed by atoms with E-state index in [1.807, 2.05) is 20.8 Å². The van der Waals surface area contributed by atoms with Gasteiger partial charge in [0.05, 0.1) is 6.26 Å². The predicted octanol–water partition coefficient (Wildman–Crippen LogP) is 0.571. The van der Waals surface area contributed by atoms with Crippen LogP contribution in [0, 0.1) is 11.3 Å². The van der Waals surface area contributed by atoms with Crippen LogP contribution in [0.25, 0.3) is 0 Å². The number of carbonyl (C=O) groups excluding carboxylic acids is 1. The number of hydrogen-bond acceptors (Lipinski definition) is 4. The van der Waals surface area contributed by atoms with Crippen LogP contribution in [0.4, 0.5) is 0 Å². The highest BCUT2D eigenvalue weighted by atomic mass is 32.2. The van der Waals surface area contributed by atoms with Crippen LogP contribution in [0.15, 0.2) is 0 Å². The average molecular weight is 320 g/mol. The summed E-state index contributed by atoms with van der Waals surface area (Å²) in [5.41, 5.74) is -0.119. The maximum atomic E-state index is 12.3. The van der Waals surface area contributed by atoms with Crippen LogP contribution in [0.3, 0.4) is 0 Å². The zero-order valence-corrected chi connectivity index (χ0v) is 14.2. The molecule has 0 aromatic carbocycles. The van der Waals surface area contributed by atoms with Crippen LogP contribution >= 0.6 is 0 Å². The molecule has 6 nitrogen and oxygen atoms in total. The van der Waals surface area contributed by atoms with Gasteiger partial charge in [0, 0.05) is 31.7 Å². The molecule has 1 aliphatic heterocycles. The summed E-state index contributed by atoms with van der Waals surface area (Å²) in [7, 11) is -3.16. The topological polar surface area (TPSA) is 86.7 Å². The lowest BCUT2D eigenvalue weighted by molar-refractivity contribution is -0.127. The molecule has 1 unspecified atom stereocenters. The fourth-order valence-electron chi connectivity index (χ4n) is 2.59. The van der Waals surface area contributed by atoms with Gasteiger partial charge in [-0.25, -0.2) is 12.7 Å². The summed E-state index contributed by atoms with van der Waals surface area (Å²) < 4.78 is 24.3. The Labute approximate surface area is 128 Å². The fraction of sp³-hybridized carbons (Fsp3) is 0.929. The minimum Gasteiger partial charge on any atom is -0.396 e. The molecule has 1 aliphatic rings. The Morgan fingerprint density at radius 2 is 1.86 bits per heavy atom. The Kier molecular flexibility index (Phi) is 6.19. The molecular weight excluding hydrogens is 292 g/mol. The number of aliphatic hydroxyl groups is 1. The minimum atomic E-state index is -3.16. The average Bonchev–Trinajstić information content (AvgIpc) is 2.36. The smallest absolute Gasteiger partial charge is 0.223 e. The molecule has 0 radical (unpaired) electrons. The van der Waals surface area contributed by atoms with E-state index in [2.05, 4.69) is 5.32 Å². The van der Waals surface area contributed by atoms with Gasteiger partial charge in [-0.15, -0.1) is 0 Å². The number of sulfonamides is 1. The van der Waals surface area contributed by atoms with E-state index in [0.717, 1.165) is 0 Å². The summed E-state index contributed by atoms with van der Waals surface area (Å²) in [5, 5.41) is 12.1. The minimum absolute atomic E-state index is 0.0310. The molecule has 0 bridgehead atoms. The summed E-state index contributed by atoms with van der Waals surface area (Å²) in [6.45, 7) is 6.92. The molecule has 0 aromatic rings. The van der Waals surface area contributed by atoms with Crippen LogP contribution in [-0.2, 0) is 14.8 Å².